The summed E-state index contributed by atoms with van der Waals surface area (Å²) in [7, 11) is 0. The van der Waals surface area contributed by atoms with Gasteiger partial charge in [0.15, 0.2) is 0 Å². The highest BCUT2D eigenvalue weighted by molar-refractivity contribution is 8.00. The highest BCUT2D eigenvalue weighted by atomic mass is 32.2. The van der Waals surface area contributed by atoms with Crippen LogP contribution in [0.5, 0.6) is 0 Å². The summed E-state index contributed by atoms with van der Waals surface area (Å²) in [6.45, 7) is -0.733. The van der Waals surface area contributed by atoms with E-state index in [1.54, 1.807) is 24.3 Å². The number of halogens is 2. The van der Waals surface area contributed by atoms with Gasteiger partial charge in [0.1, 0.15) is 23.4 Å². The van der Waals surface area contributed by atoms with Crippen LogP contribution in [0, 0.1) is 5.82 Å². The molecule has 26 heavy (non-hydrogen) atoms. The van der Waals surface area contributed by atoms with Crippen LogP contribution >= 0.6 is 11.8 Å². The molecule has 0 bridgehead atoms. The Morgan fingerprint density at radius 1 is 1.27 bits per heavy atom. The largest absolute Gasteiger partial charge is 0.477 e. The lowest BCUT2D eigenvalue weighted by atomic mass is 10.0. The van der Waals surface area contributed by atoms with Gasteiger partial charge in [-0.15, -0.1) is 0 Å². The number of anilines is 1. The zero-order chi connectivity index (χ0) is 18.6. The number of nitrogens with zero attached hydrogens (tertiary/aromatic N) is 1. The van der Waals surface area contributed by atoms with Crippen LogP contribution in [0.1, 0.15) is 15.7 Å². The van der Waals surface area contributed by atoms with E-state index in [0.29, 0.717) is 16.8 Å². The van der Waals surface area contributed by atoms with Crippen molar-refractivity contribution >= 4 is 34.3 Å². The van der Waals surface area contributed by atoms with Crippen LogP contribution in [0.25, 0.3) is 22.0 Å². The number of benzene rings is 2. The molecule has 5 nitrogen and oxygen atoms in total. The second-order valence-electron chi connectivity index (χ2n) is 5.88. The number of rotatable bonds is 3. The minimum atomic E-state index is -1.41. The summed E-state index contributed by atoms with van der Waals surface area (Å²) in [4.78, 5) is 24.0. The number of carboxylic acids is 1. The molecule has 0 saturated heterocycles. The van der Waals surface area contributed by atoms with Crippen molar-refractivity contribution in [1.82, 2.24) is 4.57 Å². The molecule has 2 aromatic carbocycles. The van der Waals surface area contributed by atoms with Crippen LogP contribution < -0.4 is 11.2 Å². The van der Waals surface area contributed by atoms with Gasteiger partial charge >= 0.3 is 5.97 Å². The van der Waals surface area contributed by atoms with E-state index in [1.165, 1.54) is 10.6 Å². The van der Waals surface area contributed by atoms with Crippen molar-refractivity contribution in [1.29, 1.82) is 0 Å². The van der Waals surface area contributed by atoms with Crippen molar-refractivity contribution in [2.75, 3.05) is 12.4 Å². The van der Waals surface area contributed by atoms with Crippen LogP contribution in [0.15, 0.2) is 46.2 Å². The molecule has 3 N–H and O–H groups in total. The van der Waals surface area contributed by atoms with Gasteiger partial charge in [-0.05, 0) is 29.8 Å². The summed E-state index contributed by atoms with van der Waals surface area (Å²) in [5.74, 6) is -2.08. The van der Waals surface area contributed by atoms with Crippen molar-refractivity contribution in [2.45, 2.75) is 10.4 Å². The molecule has 0 aliphatic carbocycles. The Morgan fingerprint density at radius 3 is 2.58 bits per heavy atom. The Kier molecular flexibility index (Phi) is 3.73. The van der Waals surface area contributed by atoms with Crippen molar-refractivity contribution in [2.24, 2.45) is 0 Å². The van der Waals surface area contributed by atoms with E-state index < -0.39 is 34.8 Å². The third kappa shape index (κ3) is 2.29. The minimum absolute atomic E-state index is 0.0819. The molecule has 0 saturated carbocycles. The summed E-state index contributed by atoms with van der Waals surface area (Å²) in [6, 6.07) is 8.99. The number of thioether (sulfide) groups is 1. The number of nitrogens with two attached hydrogens (primary N) is 1. The SMILES string of the molecule is Nc1ccc(-c2cc3c(cc2F)c(=O)c(C(=O)O)c2n3C(CF)S2)cc1. The molecular formula is C18H12F2N2O3S. The fourth-order valence-electron chi connectivity index (χ4n) is 3.11. The van der Waals surface area contributed by atoms with Crippen LogP contribution in [0.4, 0.5) is 14.5 Å². The van der Waals surface area contributed by atoms with Crippen LogP contribution in [0.3, 0.4) is 0 Å². The van der Waals surface area contributed by atoms with Gasteiger partial charge in [0.05, 0.1) is 10.5 Å². The number of aromatic nitrogens is 1. The summed E-state index contributed by atoms with van der Waals surface area (Å²) < 4.78 is 29.4. The average Bonchev–Trinajstić information content (AvgIpc) is 2.58. The molecule has 132 valence electrons. The molecule has 0 amide bonds. The lowest BCUT2D eigenvalue weighted by Gasteiger charge is -2.33. The fourth-order valence-corrected chi connectivity index (χ4v) is 4.23. The van der Waals surface area contributed by atoms with E-state index in [1.807, 2.05) is 0 Å². The Bertz CT molecular complexity index is 1130. The van der Waals surface area contributed by atoms with E-state index >= 15 is 0 Å². The van der Waals surface area contributed by atoms with E-state index in [9.17, 15) is 23.5 Å². The molecule has 1 atom stereocenters. The first kappa shape index (κ1) is 16.6. The second-order valence-corrected chi connectivity index (χ2v) is 7.05. The van der Waals surface area contributed by atoms with Gasteiger partial charge in [-0.25, -0.2) is 13.6 Å². The van der Waals surface area contributed by atoms with E-state index in [-0.39, 0.29) is 16.0 Å². The van der Waals surface area contributed by atoms with Gasteiger partial charge in [-0.1, -0.05) is 23.9 Å². The maximum Gasteiger partial charge on any atom is 0.342 e. The monoisotopic (exact) mass is 374 g/mol. The fraction of sp³-hybridized carbons (Fsp3) is 0.111. The summed E-state index contributed by atoms with van der Waals surface area (Å²) in [5.41, 5.74) is 6.03. The van der Waals surface area contributed by atoms with E-state index in [4.69, 9.17) is 5.73 Å². The normalized spacial score (nSPS) is 15.5. The van der Waals surface area contributed by atoms with E-state index in [2.05, 4.69) is 0 Å². The van der Waals surface area contributed by atoms with Gasteiger partial charge in [-0.3, -0.25) is 4.79 Å². The molecule has 1 aromatic heterocycles. The summed E-state index contributed by atoms with van der Waals surface area (Å²) >= 11 is 0.988. The van der Waals surface area contributed by atoms with Crippen LogP contribution in [-0.4, -0.2) is 22.3 Å². The molecule has 1 unspecified atom stereocenters. The van der Waals surface area contributed by atoms with Gasteiger partial charge in [0.25, 0.3) is 0 Å². The number of hydrogen-bond acceptors (Lipinski definition) is 4. The number of pyridine rings is 1. The quantitative estimate of drug-likeness (QED) is 0.684. The van der Waals surface area contributed by atoms with E-state index in [0.717, 1.165) is 17.8 Å². The minimum Gasteiger partial charge on any atom is -0.477 e. The van der Waals surface area contributed by atoms with Crippen LogP contribution in [-0.2, 0) is 0 Å². The molecule has 1 aliphatic heterocycles. The molecule has 3 aromatic rings. The third-order valence-electron chi connectivity index (χ3n) is 4.35. The smallest absolute Gasteiger partial charge is 0.342 e. The number of carbonyl (C=O) groups is 1. The number of hydrogen-bond donors (Lipinski definition) is 2. The number of nitrogen functional groups attached to an aromatic ring is 1. The Morgan fingerprint density at radius 2 is 1.96 bits per heavy atom. The van der Waals surface area contributed by atoms with Gasteiger partial charge in [0, 0.05) is 16.6 Å². The van der Waals surface area contributed by atoms with Gasteiger partial charge in [-0.2, -0.15) is 0 Å². The first-order chi connectivity index (χ1) is 12.4. The van der Waals surface area contributed by atoms with Crippen molar-refractivity contribution in [3.05, 3.63) is 58.0 Å². The number of alkyl halides is 1. The summed E-state index contributed by atoms with van der Waals surface area (Å²) in [6.07, 6.45) is 0. The predicted molar refractivity (Wildman–Crippen MR) is 95.8 cm³/mol. The second kappa shape index (κ2) is 5.84. The van der Waals surface area contributed by atoms with Crippen molar-refractivity contribution in [3.63, 3.8) is 0 Å². The van der Waals surface area contributed by atoms with Gasteiger partial charge < -0.3 is 15.4 Å². The molecule has 0 radical (unpaired) electrons. The topological polar surface area (TPSA) is 85.3 Å². The Hall–Kier alpha value is -2.87. The lowest BCUT2D eigenvalue weighted by molar-refractivity contribution is 0.0689. The first-order valence-corrected chi connectivity index (χ1v) is 8.54. The molecule has 0 spiro atoms. The highest BCUT2D eigenvalue weighted by Gasteiger charge is 2.35. The zero-order valence-corrected chi connectivity index (χ0v) is 14.0. The maximum absolute atomic E-state index is 14.6. The molecule has 1 aliphatic rings. The predicted octanol–water partition coefficient (Wildman–Crippen LogP) is 3.66. The lowest BCUT2D eigenvalue weighted by Crippen LogP contribution is -2.30. The Labute approximate surface area is 150 Å². The molecule has 0 fully saturated rings. The maximum atomic E-state index is 14.6. The number of carboxylic acid groups (broad SMARTS) is 1. The first-order valence-electron chi connectivity index (χ1n) is 7.66. The Balaban J connectivity index is 2.06. The molecule has 4 rings (SSSR count). The standard InChI is InChI=1S/C18H12F2N2O3S/c19-7-14-22-13-6-10(8-1-3-9(21)4-2-8)12(20)5-11(13)16(23)15(18(24)25)17(22)26-14/h1-6,14H,7,21H2,(H,24,25). The molecule has 8 heteroatoms. The number of aromatic carboxylic acids is 1. The van der Waals surface area contributed by atoms with Gasteiger partial charge in [0.2, 0.25) is 5.43 Å². The van der Waals surface area contributed by atoms with Crippen LogP contribution in [0.2, 0.25) is 0 Å². The third-order valence-corrected chi connectivity index (χ3v) is 5.59. The zero-order valence-electron chi connectivity index (χ0n) is 13.2. The molecule has 2 heterocycles. The highest BCUT2D eigenvalue weighted by Crippen LogP contribution is 2.47. The molecular weight excluding hydrogens is 362 g/mol. The van der Waals surface area contributed by atoms with Crippen molar-refractivity contribution in [3.8, 4) is 11.1 Å². The number of fused-ring (bicyclic) bond motifs is 3. The van der Waals surface area contributed by atoms with Crippen molar-refractivity contribution < 1.29 is 18.7 Å². The summed E-state index contributed by atoms with van der Waals surface area (Å²) in [5, 5.41) is 8.79. The average molecular weight is 374 g/mol.